The number of hydrogen-bond donors (Lipinski definition) is 1. The van der Waals surface area contributed by atoms with E-state index < -0.39 is 0 Å². The number of fused-ring (bicyclic) bond motifs is 1. The van der Waals surface area contributed by atoms with Crippen LogP contribution in [-0.4, -0.2) is 16.6 Å². The zero-order valence-corrected chi connectivity index (χ0v) is 12.6. The maximum Gasteiger partial charge on any atom is 0.182 e. The monoisotopic (exact) mass is 291 g/mol. The van der Waals surface area contributed by atoms with E-state index in [9.17, 15) is 0 Å². The molecule has 19 heavy (non-hydrogen) atoms. The van der Waals surface area contributed by atoms with Crippen molar-refractivity contribution < 1.29 is 0 Å². The third kappa shape index (κ3) is 1.91. The molecule has 0 aliphatic rings. The number of aromatic nitrogens is 2. The normalized spacial score (nSPS) is 11.2. The number of aryl methyl sites for hydroxylation is 1. The molecule has 0 saturated heterocycles. The highest BCUT2D eigenvalue weighted by molar-refractivity contribution is 7.14. The molecule has 3 rings (SSSR count). The van der Waals surface area contributed by atoms with Crippen molar-refractivity contribution in [3.8, 4) is 11.3 Å². The molecule has 0 spiro atoms. The van der Waals surface area contributed by atoms with Crippen molar-refractivity contribution in [2.24, 2.45) is 7.05 Å². The average Bonchev–Trinajstić information content (AvgIpc) is 2.94. The van der Waals surface area contributed by atoms with Crippen molar-refractivity contribution in [2.75, 3.05) is 12.4 Å². The number of benzene rings is 1. The van der Waals surface area contributed by atoms with Crippen LogP contribution in [0.25, 0.3) is 22.2 Å². The molecule has 0 atom stereocenters. The molecule has 5 heteroatoms. The summed E-state index contributed by atoms with van der Waals surface area (Å²) in [5.74, 6) is 0. The molecule has 2 heterocycles. The van der Waals surface area contributed by atoms with E-state index in [1.54, 1.807) is 11.3 Å². The van der Waals surface area contributed by atoms with Crippen LogP contribution in [0.15, 0.2) is 23.6 Å². The first-order valence-corrected chi connectivity index (χ1v) is 7.25. The minimum atomic E-state index is 0.753. The van der Waals surface area contributed by atoms with Gasteiger partial charge in [-0.25, -0.2) is 4.98 Å². The van der Waals surface area contributed by atoms with Crippen molar-refractivity contribution in [1.29, 1.82) is 0 Å². The van der Waals surface area contributed by atoms with E-state index >= 15 is 0 Å². The fraction of sp³-hybridized carbons (Fsp3) is 0.214. The molecule has 0 amide bonds. The van der Waals surface area contributed by atoms with Gasteiger partial charge in [-0.05, 0) is 25.1 Å². The van der Waals surface area contributed by atoms with Gasteiger partial charge in [0.25, 0.3) is 0 Å². The van der Waals surface area contributed by atoms with E-state index in [0.717, 1.165) is 26.8 Å². The molecular weight excluding hydrogens is 278 g/mol. The Morgan fingerprint density at radius 1 is 1.37 bits per heavy atom. The number of nitrogens with one attached hydrogen (secondary N) is 1. The summed E-state index contributed by atoms with van der Waals surface area (Å²) in [4.78, 5) is 4.60. The summed E-state index contributed by atoms with van der Waals surface area (Å²) in [6, 6.07) is 5.99. The van der Waals surface area contributed by atoms with Gasteiger partial charge in [0, 0.05) is 46.7 Å². The number of rotatable bonds is 2. The second-order valence-electron chi connectivity index (χ2n) is 4.47. The maximum absolute atomic E-state index is 6.13. The molecular formula is C14H14ClN3S. The number of hydrogen-bond acceptors (Lipinski definition) is 3. The Morgan fingerprint density at radius 2 is 2.16 bits per heavy atom. The van der Waals surface area contributed by atoms with Crippen LogP contribution in [-0.2, 0) is 7.05 Å². The minimum Gasteiger partial charge on any atom is -0.365 e. The van der Waals surface area contributed by atoms with Crippen molar-refractivity contribution in [3.63, 3.8) is 0 Å². The second-order valence-corrected chi connectivity index (χ2v) is 5.76. The van der Waals surface area contributed by atoms with Gasteiger partial charge in [0.15, 0.2) is 5.13 Å². The molecule has 0 radical (unpaired) electrons. The fourth-order valence-electron chi connectivity index (χ4n) is 2.37. The number of nitrogens with zero attached hydrogens (tertiary/aromatic N) is 2. The Balaban J connectivity index is 2.33. The van der Waals surface area contributed by atoms with Crippen LogP contribution in [0.2, 0.25) is 5.02 Å². The smallest absolute Gasteiger partial charge is 0.182 e. The lowest BCUT2D eigenvalue weighted by Gasteiger charge is -1.99. The van der Waals surface area contributed by atoms with Crippen LogP contribution in [0, 0.1) is 6.92 Å². The molecule has 2 aromatic heterocycles. The molecule has 1 N–H and O–H groups in total. The van der Waals surface area contributed by atoms with E-state index in [0.29, 0.717) is 0 Å². The van der Waals surface area contributed by atoms with Gasteiger partial charge in [-0.3, -0.25) is 0 Å². The number of anilines is 1. The Hall–Kier alpha value is -1.52. The molecule has 0 fully saturated rings. The zero-order chi connectivity index (χ0) is 13.6. The van der Waals surface area contributed by atoms with Crippen LogP contribution >= 0.6 is 22.9 Å². The minimum absolute atomic E-state index is 0.753. The van der Waals surface area contributed by atoms with Gasteiger partial charge in [0.2, 0.25) is 0 Å². The van der Waals surface area contributed by atoms with Crippen LogP contribution in [0.1, 0.15) is 5.69 Å². The Morgan fingerprint density at radius 3 is 2.84 bits per heavy atom. The van der Waals surface area contributed by atoms with Crippen molar-refractivity contribution in [1.82, 2.24) is 9.55 Å². The van der Waals surface area contributed by atoms with Gasteiger partial charge in [0.05, 0.1) is 5.69 Å². The van der Waals surface area contributed by atoms with Gasteiger partial charge in [-0.1, -0.05) is 11.6 Å². The number of thiazole rings is 1. The molecule has 3 nitrogen and oxygen atoms in total. The first-order chi connectivity index (χ1) is 9.11. The van der Waals surface area contributed by atoms with E-state index in [-0.39, 0.29) is 0 Å². The van der Waals surface area contributed by atoms with Crippen LogP contribution in [0.3, 0.4) is 0 Å². The van der Waals surface area contributed by atoms with Gasteiger partial charge >= 0.3 is 0 Å². The standard InChI is InChI=1S/C14H14ClN3S/c1-8-13(11-7-19-14(16-2)17-11)10-6-9(15)4-5-12(10)18(8)3/h4-7H,1-3H3,(H,16,17). The van der Waals surface area contributed by atoms with Crippen LogP contribution < -0.4 is 5.32 Å². The van der Waals surface area contributed by atoms with Crippen molar-refractivity contribution >= 4 is 39.0 Å². The SMILES string of the molecule is CNc1nc(-c2c(C)n(C)c3ccc(Cl)cc23)cs1. The Labute approximate surface area is 120 Å². The average molecular weight is 292 g/mol. The quantitative estimate of drug-likeness (QED) is 0.763. The lowest BCUT2D eigenvalue weighted by Crippen LogP contribution is -1.91. The Kier molecular flexibility index (Phi) is 2.99. The summed E-state index contributed by atoms with van der Waals surface area (Å²) in [5, 5.41) is 7.99. The number of halogens is 1. The topological polar surface area (TPSA) is 29.9 Å². The summed E-state index contributed by atoms with van der Waals surface area (Å²) in [6.07, 6.45) is 0. The predicted octanol–water partition coefficient (Wildman–Crippen LogP) is 4.31. The van der Waals surface area contributed by atoms with E-state index in [2.05, 4.69) is 40.3 Å². The van der Waals surface area contributed by atoms with Crippen molar-refractivity contribution in [3.05, 3.63) is 34.3 Å². The van der Waals surface area contributed by atoms with Gasteiger partial charge < -0.3 is 9.88 Å². The maximum atomic E-state index is 6.13. The van der Waals surface area contributed by atoms with Gasteiger partial charge in [-0.15, -0.1) is 11.3 Å². The third-order valence-electron chi connectivity index (χ3n) is 3.43. The van der Waals surface area contributed by atoms with Crippen molar-refractivity contribution in [2.45, 2.75) is 6.92 Å². The first-order valence-electron chi connectivity index (χ1n) is 6.00. The summed E-state index contributed by atoms with van der Waals surface area (Å²) in [6.45, 7) is 2.11. The molecule has 1 aromatic carbocycles. The molecule has 98 valence electrons. The summed E-state index contributed by atoms with van der Waals surface area (Å²) in [5.41, 5.74) is 4.54. The van der Waals surface area contributed by atoms with Crippen LogP contribution in [0.4, 0.5) is 5.13 Å². The second kappa shape index (κ2) is 4.54. The lowest BCUT2D eigenvalue weighted by atomic mass is 10.1. The molecule has 0 aliphatic carbocycles. The molecule has 0 bridgehead atoms. The highest BCUT2D eigenvalue weighted by Gasteiger charge is 2.16. The van der Waals surface area contributed by atoms with Gasteiger partial charge in [-0.2, -0.15) is 0 Å². The molecule has 0 saturated carbocycles. The molecule has 0 unspecified atom stereocenters. The van der Waals surface area contributed by atoms with E-state index in [1.807, 2.05) is 19.2 Å². The van der Waals surface area contributed by atoms with Crippen LogP contribution in [0.5, 0.6) is 0 Å². The summed E-state index contributed by atoms with van der Waals surface area (Å²) < 4.78 is 2.18. The molecule has 0 aliphatic heterocycles. The predicted molar refractivity (Wildman–Crippen MR) is 83.3 cm³/mol. The zero-order valence-electron chi connectivity index (χ0n) is 11.0. The molecule has 3 aromatic rings. The summed E-state index contributed by atoms with van der Waals surface area (Å²) >= 11 is 7.74. The van der Waals surface area contributed by atoms with E-state index in [1.165, 1.54) is 11.2 Å². The third-order valence-corrected chi connectivity index (χ3v) is 4.52. The highest BCUT2D eigenvalue weighted by Crippen LogP contribution is 2.36. The first kappa shape index (κ1) is 12.5. The largest absolute Gasteiger partial charge is 0.365 e. The Bertz CT molecular complexity index is 757. The fourth-order valence-corrected chi connectivity index (χ4v) is 3.21. The van der Waals surface area contributed by atoms with Gasteiger partial charge in [0.1, 0.15) is 0 Å². The highest BCUT2D eigenvalue weighted by atomic mass is 35.5. The summed E-state index contributed by atoms with van der Waals surface area (Å²) in [7, 11) is 3.95. The lowest BCUT2D eigenvalue weighted by molar-refractivity contribution is 0.919. The van der Waals surface area contributed by atoms with E-state index in [4.69, 9.17) is 11.6 Å².